The van der Waals surface area contributed by atoms with Crippen molar-refractivity contribution in [1.82, 2.24) is 0 Å². The molecule has 1 heterocycles. The Labute approximate surface area is 167 Å². The molecule has 2 aromatic carbocycles. The molecule has 8 nitrogen and oxygen atoms in total. The van der Waals surface area contributed by atoms with Crippen LogP contribution in [0.5, 0.6) is 0 Å². The number of aliphatic hydroxyl groups is 2. The second kappa shape index (κ2) is 9.62. The molecule has 2 N–H and O–H groups in total. The summed E-state index contributed by atoms with van der Waals surface area (Å²) in [6, 6.07) is 16.5. The van der Waals surface area contributed by atoms with Crippen molar-refractivity contribution in [3.8, 4) is 0 Å². The standard InChI is InChI=1S/C21H22O8/c1-26-21-18(29-20(25)14-10-6-3-7-11-14)17(23)16(22)15(28-21)12-27-19(24)13-8-4-2-5-9-13/h2-11,15-18,21-23H,12H2,1H3. The Morgan fingerprint density at radius 3 is 2.00 bits per heavy atom. The molecule has 0 spiro atoms. The minimum Gasteiger partial charge on any atom is -0.459 e. The zero-order chi connectivity index (χ0) is 20.8. The Bertz CT molecular complexity index is 806. The van der Waals surface area contributed by atoms with Crippen LogP contribution in [-0.4, -0.2) is 66.6 Å². The molecule has 0 bridgehead atoms. The van der Waals surface area contributed by atoms with E-state index in [9.17, 15) is 19.8 Å². The van der Waals surface area contributed by atoms with Crippen molar-refractivity contribution in [3.63, 3.8) is 0 Å². The van der Waals surface area contributed by atoms with Crippen LogP contribution in [0.15, 0.2) is 60.7 Å². The molecule has 3 rings (SSSR count). The van der Waals surface area contributed by atoms with Crippen molar-refractivity contribution in [2.75, 3.05) is 13.7 Å². The van der Waals surface area contributed by atoms with Crippen LogP contribution in [0, 0.1) is 0 Å². The van der Waals surface area contributed by atoms with E-state index in [1.54, 1.807) is 60.7 Å². The lowest BCUT2D eigenvalue weighted by molar-refractivity contribution is -0.293. The van der Waals surface area contributed by atoms with E-state index in [-0.39, 0.29) is 12.2 Å². The van der Waals surface area contributed by atoms with Gasteiger partial charge in [0.2, 0.25) is 0 Å². The predicted octanol–water partition coefficient (Wildman–Crippen LogP) is 1.16. The van der Waals surface area contributed by atoms with E-state index in [4.69, 9.17) is 18.9 Å². The van der Waals surface area contributed by atoms with Gasteiger partial charge in [0.25, 0.3) is 0 Å². The minimum atomic E-state index is -1.50. The Balaban J connectivity index is 1.63. The lowest BCUT2D eigenvalue weighted by atomic mass is 9.99. The summed E-state index contributed by atoms with van der Waals surface area (Å²) in [7, 11) is 1.31. The highest BCUT2D eigenvalue weighted by molar-refractivity contribution is 5.89. The van der Waals surface area contributed by atoms with Crippen molar-refractivity contribution in [3.05, 3.63) is 71.8 Å². The molecule has 1 aliphatic heterocycles. The molecule has 2 aromatic rings. The summed E-state index contributed by atoms with van der Waals surface area (Å²) in [6.07, 6.45) is -6.43. The molecule has 5 atom stereocenters. The first-order valence-corrected chi connectivity index (χ1v) is 9.04. The number of methoxy groups -OCH3 is 1. The Morgan fingerprint density at radius 1 is 0.897 bits per heavy atom. The summed E-state index contributed by atoms with van der Waals surface area (Å²) in [6.45, 7) is -0.314. The first-order chi connectivity index (χ1) is 14.0. The van der Waals surface area contributed by atoms with Crippen LogP contribution in [0.2, 0.25) is 0 Å². The van der Waals surface area contributed by atoms with Gasteiger partial charge >= 0.3 is 11.9 Å². The maximum absolute atomic E-state index is 12.3. The van der Waals surface area contributed by atoms with Crippen LogP contribution >= 0.6 is 0 Å². The van der Waals surface area contributed by atoms with E-state index in [1.807, 2.05) is 0 Å². The van der Waals surface area contributed by atoms with E-state index >= 15 is 0 Å². The van der Waals surface area contributed by atoms with Gasteiger partial charge in [-0.3, -0.25) is 0 Å². The third kappa shape index (κ3) is 4.99. The average molecular weight is 402 g/mol. The molecule has 154 valence electrons. The van der Waals surface area contributed by atoms with Gasteiger partial charge in [0, 0.05) is 7.11 Å². The van der Waals surface area contributed by atoms with Crippen molar-refractivity contribution in [2.45, 2.75) is 30.7 Å². The third-order valence-electron chi connectivity index (χ3n) is 4.52. The number of rotatable bonds is 6. The molecule has 0 saturated carbocycles. The normalized spacial score (nSPS) is 26.5. The van der Waals surface area contributed by atoms with Gasteiger partial charge in [0.1, 0.15) is 24.9 Å². The predicted molar refractivity (Wildman–Crippen MR) is 100 cm³/mol. The lowest BCUT2D eigenvalue weighted by Gasteiger charge is -2.41. The van der Waals surface area contributed by atoms with Gasteiger partial charge in [-0.15, -0.1) is 0 Å². The van der Waals surface area contributed by atoms with Crippen molar-refractivity contribution >= 4 is 11.9 Å². The highest BCUT2D eigenvalue weighted by Crippen LogP contribution is 2.25. The highest BCUT2D eigenvalue weighted by Gasteiger charge is 2.47. The number of benzene rings is 2. The largest absolute Gasteiger partial charge is 0.459 e. The summed E-state index contributed by atoms with van der Waals surface area (Å²) in [5, 5.41) is 20.8. The van der Waals surface area contributed by atoms with Crippen LogP contribution in [0.3, 0.4) is 0 Å². The van der Waals surface area contributed by atoms with Gasteiger partial charge in [-0.05, 0) is 24.3 Å². The Morgan fingerprint density at radius 2 is 1.45 bits per heavy atom. The number of aliphatic hydroxyl groups excluding tert-OH is 2. The SMILES string of the molecule is COC1OC(COC(=O)c2ccccc2)C(O)C(O)C1OC(=O)c1ccccc1. The molecule has 1 fully saturated rings. The summed E-state index contributed by atoms with van der Waals surface area (Å²) in [4.78, 5) is 24.4. The van der Waals surface area contributed by atoms with E-state index in [1.165, 1.54) is 7.11 Å². The smallest absolute Gasteiger partial charge is 0.338 e. The number of carbonyl (C=O) groups excluding carboxylic acids is 2. The van der Waals surface area contributed by atoms with Gasteiger partial charge in [-0.2, -0.15) is 0 Å². The molecule has 0 aromatic heterocycles. The van der Waals surface area contributed by atoms with Crippen LogP contribution in [-0.2, 0) is 18.9 Å². The third-order valence-corrected chi connectivity index (χ3v) is 4.52. The average Bonchev–Trinajstić information content (AvgIpc) is 2.77. The molecule has 29 heavy (non-hydrogen) atoms. The molecule has 0 amide bonds. The van der Waals surface area contributed by atoms with Crippen LogP contribution < -0.4 is 0 Å². The number of hydrogen-bond donors (Lipinski definition) is 2. The van der Waals surface area contributed by atoms with Crippen molar-refractivity contribution in [1.29, 1.82) is 0 Å². The number of carbonyl (C=O) groups is 2. The fourth-order valence-electron chi connectivity index (χ4n) is 2.94. The molecular formula is C21H22O8. The first-order valence-electron chi connectivity index (χ1n) is 9.04. The quantitative estimate of drug-likeness (QED) is 0.693. The molecule has 5 unspecified atom stereocenters. The van der Waals surface area contributed by atoms with Gasteiger partial charge in [0.15, 0.2) is 12.4 Å². The van der Waals surface area contributed by atoms with Crippen molar-refractivity contribution in [2.24, 2.45) is 0 Å². The van der Waals surface area contributed by atoms with Gasteiger partial charge < -0.3 is 29.2 Å². The van der Waals surface area contributed by atoms with Gasteiger partial charge in [-0.1, -0.05) is 36.4 Å². The van der Waals surface area contributed by atoms with E-state index in [0.29, 0.717) is 5.56 Å². The monoisotopic (exact) mass is 402 g/mol. The molecule has 1 saturated heterocycles. The summed E-state index contributed by atoms with van der Waals surface area (Å²) >= 11 is 0. The highest BCUT2D eigenvalue weighted by atomic mass is 16.7. The first kappa shape index (κ1) is 20.9. The molecule has 0 radical (unpaired) electrons. The maximum atomic E-state index is 12.3. The number of hydrogen-bond acceptors (Lipinski definition) is 8. The number of ether oxygens (including phenoxy) is 4. The molecule has 1 aliphatic rings. The minimum absolute atomic E-state index is 0.281. The fraction of sp³-hybridized carbons (Fsp3) is 0.333. The van der Waals surface area contributed by atoms with E-state index < -0.39 is 42.6 Å². The fourth-order valence-corrected chi connectivity index (χ4v) is 2.94. The zero-order valence-corrected chi connectivity index (χ0v) is 15.7. The van der Waals surface area contributed by atoms with Crippen molar-refractivity contribution < 1.29 is 38.7 Å². The van der Waals surface area contributed by atoms with Crippen LogP contribution in [0.4, 0.5) is 0 Å². The summed E-state index contributed by atoms with van der Waals surface area (Å²) in [5.74, 6) is -1.29. The second-order valence-electron chi connectivity index (χ2n) is 6.46. The molecule has 0 aliphatic carbocycles. The Hall–Kier alpha value is -2.78. The zero-order valence-electron chi connectivity index (χ0n) is 15.7. The van der Waals surface area contributed by atoms with Gasteiger partial charge in [0.05, 0.1) is 11.1 Å². The maximum Gasteiger partial charge on any atom is 0.338 e. The van der Waals surface area contributed by atoms with Crippen LogP contribution in [0.25, 0.3) is 0 Å². The second-order valence-corrected chi connectivity index (χ2v) is 6.46. The summed E-state index contributed by atoms with van der Waals surface area (Å²) < 4.78 is 21.2. The van der Waals surface area contributed by atoms with Crippen LogP contribution in [0.1, 0.15) is 20.7 Å². The topological polar surface area (TPSA) is 112 Å². The Kier molecular flexibility index (Phi) is 6.95. The molecule has 8 heteroatoms. The lowest BCUT2D eigenvalue weighted by Crippen LogP contribution is -2.60. The van der Waals surface area contributed by atoms with E-state index in [0.717, 1.165) is 0 Å². The van der Waals surface area contributed by atoms with Gasteiger partial charge in [-0.25, -0.2) is 9.59 Å². The molecular weight excluding hydrogens is 380 g/mol. The van der Waals surface area contributed by atoms with E-state index in [2.05, 4.69) is 0 Å². The summed E-state index contributed by atoms with van der Waals surface area (Å²) in [5.41, 5.74) is 0.624. The number of esters is 2.